The molecule has 8 rings (SSSR count). The highest BCUT2D eigenvalue weighted by Crippen LogP contribution is 2.43. The summed E-state index contributed by atoms with van der Waals surface area (Å²) >= 11 is 0. The number of anilines is 2. The first-order valence-corrected chi connectivity index (χ1v) is 30.4. The van der Waals surface area contributed by atoms with Crippen LogP contribution in [0.1, 0.15) is 145 Å². The monoisotopic (exact) mass is 1410 g/mol. The number of tetrazole rings is 2. The maximum atomic E-state index is 16.9. The number of carbonyl (C=O) groups is 1. The fraction of sp³-hybridized carbons (Fsp3) is 0.557. The molecule has 2 aromatic heterocycles. The van der Waals surface area contributed by atoms with Crippen LogP contribution in [0.25, 0.3) is 0 Å². The van der Waals surface area contributed by atoms with E-state index in [2.05, 4.69) is 36.1 Å². The van der Waals surface area contributed by atoms with E-state index >= 15 is 8.78 Å². The van der Waals surface area contributed by atoms with Crippen LogP contribution in [0, 0.1) is 0 Å². The lowest BCUT2D eigenvalue weighted by atomic mass is 9.89. The molecular weight excluding hydrogens is 1340 g/mol. The van der Waals surface area contributed by atoms with Crippen LogP contribution in [0.5, 0.6) is 0 Å². The van der Waals surface area contributed by atoms with E-state index < -0.39 is 163 Å². The van der Waals surface area contributed by atoms with Gasteiger partial charge in [-0.2, -0.15) is 88.6 Å². The molecule has 4 heterocycles. The molecule has 97 heavy (non-hydrogen) atoms. The quantitative estimate of drug-likeness (QED) is 0.0574. The minimum Gasteiger partial charge on any atom is -0.446 e. The van der Waals surface area contributed by atoms with Crippen LogP contribution in [0.4, 0.5) is 104 Å². The molecule has 2 aliphatic heterocycles. The van der Waals surface area contributed by atoms with Gasteiger partial charge in [0, 0.05) is 71.0 Å². The Balaban J connectivity index is 1.01. The lowest BCUT2D eigenvalue weighted by Gasteiger charge is -2.41. The van der Waals surface area contributed by atoms with E-state index in [0.29, 0.717) is 24.3 Å². The SMILES string of the molecule is CCNC(=O)OCC1(F)CCN(C(CC)c2ccc(C(F)(F)F)cc2CN(Cc2cc(C(F)(F)F)cc(C(F)(F)F)c2)c2nnn(CC(C)OCC3(F)CCN(C(CC)c4ccc(C(F)(F)F)cc4CN(Cc4cc(C(F)(F)F)cc(C(F)(F)F)c4)c4nnn(C)n4)CC3)n2)CC1. The average Bonchev–Trinajstić information content (AvgIpc) is 1.44. The Morgan fingerprint density at radius 1 is 0.526 bits per heavy atom. The van der Waals surface area contributed by atoms with Crippen molar-refractivity contribution in [3.05, 3.63) is 140 Å². The van der Waals surface area contributed by atoms with Crippen molar-refractivity contribution in [1.29, 1.82) is 0 Å². The van der Waals surface area contributed by atoms with Crippen molar-refractivity contribution in [2.24, 2.45) is 7.05 Å². The molecule has 534 valence electrons. The number of benzene rings is 4. The van der Waals surface area contributed by atoms with Crippen LogP contribution in [0.3, 0.4) is 0 Å². The second-order valence-electron chi connectivity index (χ2n) is 24.0. The zero-order valence-electron chi connectivity index (χ0n) is 52.5. The molecular formula is C61H67F20N13O3. The molecule has 2 aliphatic rings. The first kappa shape index (κ1) is 75.1. The number of alkyl halides is 20. The summed E-state index contributed by atoms with van der Waals surface area (Å²) in [5.74, 6) is -0.857. The van der Waals surface area contributed by atoms with E-state index in [0.717, 1.165) is 43.7 Å². The fourth-order valence-corrected chi connectivity index (χ4v) is 11.9. The predicted octanol–water partition coefficient (Wildman–Crippen LogP) is 15.1. The molecule has 2 fully saturated rings. The van der Waals surface area contributed by atoms with Gasteiger partial charge in [0.2, 0.25) is 0 Å². The van der Waals surface area contributed by atoms with Gasteiger partial charge in [0.1, 0.15) is 17.9 Å². The zero-order valence-corrected chi connectivity index (χ0v) is 52.5. The highest BCUT2D eigenvalue weighted by atomic mass is 19.4. The van der Waals surface area contributed by atoms with Gasteiger partial charge in [-0.05, 0) is 157 Å². The zero-order chi connectivity index (χ0) is 71.4. The third-order valence-corrected chi connectivity index (χ3v) is 16.8. The number of ether oxygens (including phenoxy) is 2. The Morgan fingerprint density at radius 2 is 0.907 bits per heavy atom. The van der Waals surface area contributed by atoms with E-state index in [1.54, 1.807) is 30.6 Å². The predicted molar refractivity (Wildman–Crippen MR) is 308 cm³/mol. The molecule has 36 heteroatoms. The first-order chi connectivity index (χ1) is 45.1. The van der Waals surface area contributed by atoms with Crippen molar-refractivity contribution in [1.82, 2.24) is 55.5 Å². The number of piperidine rings is 2. The van der Waals surface area contributed by atoms with Gasteiger partial charge < -0.3 is 24.6 Å². The summed E-state index contributed by atoms with van der Waals surface area (Å²) in [6.07, 6.45) is -33.2. The summed E-state index contributed by atoms with van der Waals surface area (Å²) in [7, 11) is 1.29. The lowest BCUT2D eigenvalue weighted by Crippen LogP contribution is -2.46. The normalized spacial score (nSPS) is 17.0. The Kier molecular flexibility index (Phi) is 22.8. The molecule has 0 radical (unpaired) electrons. The highest BCUT2D eigenvalue weighted by molar-refractivity contribution is 5.67. The van der Waals surface area contributed by atoms with Gasteiger partial charge in [-0.15, -0.1) is 10.2 Å². The van der Waals surface area contributed by atoms with Crippen molar-refractivity contribution in [2.45, 2.75) is 166 Å². The average molecular weight is 1410 g/mol. The van der Waals surface area contributed by atoms with Gasteiger partial charge >= 0.3 is 43.2 Å². The van der Waals surface area contributed by atoms with Gasteiger partial charge in [-0.1, -0.05) is 36.2 Å². The summed E-state index contributed by atoms with van der Waals surface area (Å²) in [6, 6.07) is 5.57. The Hall–Kier alpha value is -7.63. The second-order valence-corrected chi connectivity index (χ2v) is 24.0. The molecule has 3 atom stereocenters. The summed E-state index contributed by atoms with van der Waals surface area (Å²) in [5.41, 5.74) is -13.9. The van der Waals surface area contributed by atoms with Gasteiger partial charge in [0.15, 0.2) is 0 Å². The largest absolute Gasteiger partial charge is 0.446 e. The molecule has 6 aromatic rings. The molecule has 1 amide bonds. The van der Waals surface area contributed by atoms with Crippen LogP contribution in [-0.2, 0) is 86.3 Å². The number of halogens is 20. The lowest BCUT2D eigenvalue weighted by molar-refractivity contribution is -0.144. The van der Waals surface area contributed by atoms with Crippen molar-refractivity contribution in [2.75, 3.05) is 55.7 Å². The van der Waals surface area contributed by atoms with E-state index in [1.807, 2.05) is 0 Å². The molecule has 1 N–H and O–H groups in total. The first-order valence-electron chi connectivity index (χ1n) is 30.4. The van der Waals surface area contributed by atoms with Crippen LogP contribution in [0.15, 0.2) is 72.8 Å². The second kappa shape index (κ2) is 29.4. The Labute approximate surface area is 542 Å². The van der Waals surface area contributed by atoms with Crippen LogP contribution >= 0.6 is 0 Å². The van der Waals surface area contributed by atoms with Gasteiger partial charge in [-0.25, -0.2) is 13.6 Å². The van der Waals surface area contributed by atoms with Crippen LogP contribution in [0.2, 0.25) is 0 Å². The minimum absolute atomic E-state index is 0.0176. The number of aryl methyl sites for hydroxylation is 1. The summed E-state index contributed by atoms with van der Waals surface area (Å²) in [4.78, 5) is 19.4. The highest BCUT2D eigenvalue weighted by Gasteiger charge is 2.44. The number of nitrogens with one attached hydrogen (secondary N) is 1. The summed E-state index contributed by atoms with van der Waals surface area (Å²) in [6.45, 7) is 2.19. The fourth-order valence-electron chi connectivity index (χ4n) is 11.9. The maximum absolute atomic E-state index is 16.9. The molecule has 0 spiro atoms. The molecule has 0 saturated carbocycles. The Morgan fingerprint density at radius 3 is 1.27 bits per heavy atom. The number of amides is 1. The van der Waals surface area contributed by atoms with Crippen molar-refractivity contribution < 1.29 is 102 Å². The maximum Gasteiger partial charge on any atom is 0.416 e. The van der Waals surface area contributed by atoms with Crippen LogP contribution in [-0.4, -0.2) is 120 Å². The number of alkyl carbamates (subject to hydrolysis) is 1. The number of aromatic nitrogens is 8. The molecule has 2 saturated heterocycles. The van der Waals surface area contributed by atoms with E-state index in [-0.39, 0.29) is 118 Å². The minimum atomic E-state index is -5.30. The van der Waals surface area contributed by atoms with Gasteiger partial charge in [-0.3, -0.25) is 9.80 Å². The van der Waals surface area contributed by atoms with Gasteiger partial charge in [0.05, 0.1) is 59.7 Å². The summed E-state index contributed by atoms with van der Waals surface area (Å²) < 4.78 is 300. The number of hydrogen-bond donors (Lipinski definition) is 1. The smallest absolute Gasteiger partial charge is 0.416 e. The van der Waals surface area contributed by atoms with Crippen molar-refractivity contribution in [3.63, 3.8) is 0 Å². The van der Waals surface area contributed by atoms with Crippen molar-refractivity contribution >= 4 is 18.0 Å². The van der Waals surface area contributed by atoms with E-state index in [1.165, 1.54) is 26.1 Å². The molecule has 16 nitrogen and oxygen atoms in total. The molecule has 0 aliphatic carbocycles. The number of nitrogens with zero attached hydrogens (tertiary/aromatic N) is 12. The Bertz CT molecular complexity index is 3560. The number of hydrogen-bond acceptors (Lipinski definition) is 13. The number of likely N-dealkylation sites (tertiary alicyclic amines) is 2. The third kappa shape index (κ3) is 19.6. The summed E-state index contributed by atoms with van der Waals surface area (Å²) in [5, 5.41) is 26.3. The number of rotatable bonds is 24. The standard InChI is InChI=1S/C61H67F20N13O3/c1-6-49(47-11-9-41(56(64,65)66)25-39(47)32-92(51-83-87-89(5)85-51)30-37-21-43(58(70,71)72)27-44(22-37)59(73,74)75)90-17-13-54(62,14-18-90)34-96-36(4)29-94-86-52(84-88-94)93(31-38-23-45(60(76,77)78)28-46(24-38)61(79,80)81)33-40-26-42(57(67,68)69)10-12-48(40)50(7-2)91-19-15-55(63,16-20-91)35-97-53(95)82-8-3/h9-12,21-28,36,49-50H,6-8,13-20,29-35H2,1-5H3,(H,82,95). The van der Waals surface area contributed by atoms with Crippen LogP contribution < -0.4 is 15.1 Å². The van der Waals surface area contributed by atoms with Gasteiger partial charge in [0.25, 0.3) is 11.9 Å². The molecule has 4 aromatic carbocycles. The van der Waals surface area contributed by atoms with E-state index in [9.17, 15) is 83.8 Å². The topological polar surface area (TPSA) is 148 Å². The third-order valence-electron chi connectivity index (χ3n) is 16.8. The number of carbonyl (C=O) groups excluding carboxylic acids is 1. The molecule has 3 unspecified atom stereocenters. The molecule has 0 bridgehead atoms. The van der Waals surface area contributed by atoms with E-state index in [4.69, 9.17) is 9.47 Å². The van der Waals surface area contributed by atoms with Crippen molar-refractivity contribution in [3.8, 4) is 0 Å².